The second kappa shape index (κ2) is 7.53. The van der Waals surface area contributed by atoms with E-state index in [9.17, 15) is 4.79 Å². The van der Waals surface area contributed by atoms with Gasteiger partial charge < -0.3 is 16.4 Å². The van der Waals surface area contributed by atoms with Crippen LogP contribution in [0, 0.1) is 5.92 Å². The van der Waals surface area contributed by atoms with Crippen LogP contribution in [0.3, 0.4) is 0 Å². The predicted octanol–water partition coefficient (Wildman–Crippen LogP) is 2.45. The first-order valence-electron chi connectivity index (χ1n) is 8.79. The highest BCUT2D eigenvalue weighted by molar-refractivity contribution is 5.97. The van der Waals surface area contributed by atoms with E-state index in [0.29, 0.717) is 17.7 Å². The van der Waals surface area contributed by atoms with E-state index < -0.39 is 0 Å². The maximum atomic E-state index is 12.3. The van der Waals surface area contributed by atoms with Crippen LogP contribution in [0.2, 0.25) is 0 Å². The minimum atomic E-state index is 0.0307. The molecular formula is C19H23N7O. The van der Waals surface area contributed by atoms with Crippen LogP contribution in [0.15, 0.2) is 30.5 Å². The molecule has 0 spiro atoms. The largest absolute Gasteiger partial charge is 0.382 e. The number of fused-ring (bicyclic) bond motifs is 1. The Labute approximate surface area is 157 Å². The topological polar surface area (TPSA) is 124 Å². The summed E-state index contributed by atoms with van der Waals surface area (Å²) in [4.78, 5) is 31.0. The summed E-state index contributed by atoms with van der Waals surface area (Å²) in [5, 5.41) is 0. The number of nitrogens with zero attached hydrogens (tertiary/aromatic N) is 5. The van der Waals surface area contributed by atoms with E-state index in [1.54, 1.807) is 6.20 Å². The van der Waals surface area contributed by atoms with Gasteiger partial charge >= 0.3 is 0 Å². The van der Waals surface area contributed by atoms with Gasteiger partial charge in [0.1, 0.15) is 0 Å². The van der Waals surface area contributed by atoms with Crippen LogP contribution in [0.25, 0.3) is 11.2 Å². The number of rotatable bonds is 6. The zero-order valence-electron chi connectivity index (χ0n) is 15.7. The number of nitrogen functional groups attached to an aromatic ring is 2. The Morgan fingerprint density at radius 2 is 1.85 bits per heavy atom. The van der Waals surface area contributed by atoms with E-state index in [1.165, 1.54) is 0 Å². The maximum Gasteiger partial charge on any atom is 0.224 e. The van der Waals surface area contributed by atoms with Crippen molar-refractivity contribution >= 4 is 34.4 Å². The van der Waals surface area contributed by atoms with Crippen molar-refractivity contribution in [3.8, 4) is 0 Å². The molecule has 0 saturated heterocycles. The van der Waals surface area contributed by atoms with Gasteiger partial charge in [-0.3, -0.25) is 4.79 Å². The van der Waals surface area contributed by atoms with E-state index in [2.05, 4.69) is 19.9 Å². The van der Waals surface area contributed by atoms with Gasteiger partial charge in [0.2, 0.25) is 5.95 Å². The molecule has 0 amide bonds. The van der Waals surface area contributed by atoms with E-state index in [1.807, 2.05) is 50.1 Å². The third kappa shape index (κ3) is 3.94. The van der Waals surface area contributed by atoms with Gasteiger partial charge in [-0.2, -0.15) is 9.97 Å². The first-order valence-corrected chi connectivity index (χ1v) is 8.79. The Kier molecular flexibility index (Phi) is 5.16. The molecule has 140 valence electrons. The molecule has 8 heteroatoms. The zero-order valence-corrected chi connectivity index (χ0v) is 15.7. The lowest BCUT2D eigenvalue weighted by Gasteiger charge is -2.19. The van der Waals surface area contributed by atoms with Crippen LogP contribution in [0.1, 0.15) is 36.3 Å². The lowest BCUT2D eigenvalue weighted by molar-refractivity contribution is 0.0927. The third-order valence-electron chi connectivity index (χ3n) is 4.55. The molecule has 1 atom stereocenters. The molecular weight excluding hydrogens is 342 g/mol. The van der Waals surface area contributed by atoms with Gasteiger partial charge in [-0.05, 0) is 30.7 Å². The summed E-state index contributed by atoms with van der Waals surface area (Å²) in [6.07, 6.45) is 2.48. The Morgan fingerprint density at radius 1 is 1.15 bits per heavy atom. The van der Waals surface area contributed by atoms with Crippen LogP contribution < -0.4 is 16.4 Å². The molecule has 0 aliphatic carbocycles. The van der Waals surface area contributed by atoms with Crippen molar-refractivity contribution in [1.29, 1.82) is 0 Å². The predicted molar refractivity (Wildman–Crippen MR) is 106 cm³/mol. The van der Waals surface area contributed by atoms with Crippen LogP contribution in [0.4, 0.5) is 17.5 Å². The van der Waals surface area contributed by atoms with Crippen molar-refractivity contribution in [2.75, 3.05) is 23.4 Å². The molecule has 8 nitrogen and oxygen atoms in total. The van der Waals surface area contributed by atoms with E-state index in [-0.39, 0.29) is 23.5 Å². The number of hydrogen-bond acceptors (Lipinski definition) is 8. The van der Waals surface area contributed by atoms with Gasteiger partial charge in [-0.25, -0.2) is 9.97 Å². The van der Waals surface area contributed by atoms with Gasteiger partial charge in [-0.15, -0.1) is 0 Å². The number of nitrogens with two attached hydrogens (primary N) is 2. The Bertz CT molecular complexity index is 972. The first kappa shape index (κ1) is 18.5. The summed E-state index contributed by atoms with van der Waals surface area (Å²) in [5.41, 5.74) is 14.7. The fourth-order valence-electron chi connectivity index (χ4n) is 2.74. The Balaban J connectivity index is 1.78. The quantitative estimate of drug-likeness (QED) is 0.638. The summed E-state index contributed by atoms with van der Waals surface area (Å²) >= 11 is 0. The molecule has 2 aromatic heterocycles. The van der Waals surface area contributed by atoms with Crippen LogP contribution >= 0.6 is 0 Å². The average Bonchev–Trinajstić information content (AvgIpc) is 2.67. The van der Waals surface area contributed by atoms with Crippen LogP contribution in [-0.4, -0.2) is 32.8 Å². The molecule has 0 radical (unpaired) electrons. The van der Waals surface area contributed by atoms with Crippen LogP contribution in [0.5, 0.6) is 0 Å². The Hall–Kier alpha value is -3.29. The summed E-state index contributed by atoms with van der Waals surface area (Å²) < 4.78 is 0. The highest BCUT2D eigenvalue weighted by Crippen LogP contribution is 2.20. The first-order chi connectivity index (χ1) is 12.9. The minimum absolute atomic E-state index is 0.0307. The molecule has 3 rings (SSSR count). The van der Waals surface area contributed by atoms with Crippen molar-refractivity contribution in [2.45, 2.75) is 26.8 Å². The fraction of sp³-hybridized carbons (Fsp3) is 0.316. The second-order valence-electron chi connectivity index (χ2n) is 6.58. The van der Waals surface area contributed by atoms with Crippen molar-refractivity contribution in [3.05, 3.63) is 41.7 Å². The molecule has 2 heterocycles. The molecule has 0 aliphatic heterocycles. The highest BCUT2D eigenvalue weighted by atomic mass is 16.1. The smallest absolute Gasteiger partial charge is 0.224 e. The number of benzene rings is 1. The molecule has 0 saturated carbocycles. The van der Waals surface area contributed by atoms with Gasteiger partial charge in [0.25, 0.3) is 0 Å². The van der Waals surface area contributed by atoms with Crippen LogP contribution in [-0.2, 0) is 6.54 Å². The molecule has 0 aliphatic rings. The summed E-state index contributed by atoms with van der Waals surface area (Å²) in [7, 11) is 1.94. The Morgan fingerprint density at radius 3 is 2.52 bits per heavy atom. The molecule has 1 aromatic carbocycles. The zero-order chi connectivity index (χ0) is 19.6. The number of Topliss-reactive ketones (excluding diaryl/α,β-unsaturated/α-hetero) is 1. The van der Waals surface area contributed by atoms with Gasteiger partial charge in [0, 0.05) is 24.2 Å². The number of hydrogen-bond donors (Lipinski definition) is 2. The summed E-state index contributed by atoms with van der Waals surface area (Å²) in [6.45, 7) is 4.48. The van der Waals surface area contributed by atoms with Gasteiger partial charge in [0.15, 0.2) is 22.8 Å². The average molecular weight is 365 g/mol. The fourth-order valence-corrected chi connectivity index (χ4v) is 2.74. The van der Waals surface area contributed by atoms with E-state index >= 15 is 0 Å². The number of carbonyl (C=O) groups excluding carboxylic acids is 1. The van der Waals surface area contributed by atoms with Crippen molar-refractivity contribution in [1.82, 2.24) is 19.9 Å². The molecule has 3 aromatic rings. The second-order valence-corrected chi connectivity index (χ2v) is 6.58. The number of aromatic nitrogens is 4. The van der Waals surface area contributed by atoms with E-state index in [0.717, 1.165) is 23.4 Å². The molecule has 4 N–H and O–H groups in total. The maximum absolute atomic E-state index is 12.3. The van der Waals surface area contributed by atoms with Crippen molar-refractivity contribution in [3.63, 3.8) is 0 Å². The number of carbonyl (C=O) groups is 1. The van der Waals surface area contributed by atoms with Gasteiger partial charge in [-0.1, -0.05) is 13.8 Å². The standard InChI is InChI=1S/C19H23N7O/c1-4-11(2)16(27)12-5-7-14(8-6-12)26(3)10-13-9-22-18-15(23-13)17(20)24-19(21)25-18/h5-9,11H,4,10H2,1-3H3,(H4,20,21,22,24,25). The number of ketones is 1. The highest BCUT2D eigenvalue weighted by Gasteiger charge is 2.14. The minimum Gasteiger partial charge on any atom is -0.382 e. The molecule has 0 fully saturated rings. The monoisotopic (exact) mass is 365 g/mol. The number of anilines is 3. The molecule has 1 unspecified atom stereocenters. The SMILES string of the molecule is CCC(C)C(=O)c1ccc(N(C)Cc2cnc3nc(N)nc(N)c3n2)cc1. The lowest BCUT2D eigenvalue weighted by Crippen LogP contribution is -2.18. The summed E-state index contributed by atoms with van der Waals surface area (Å²) in [6, 6.07) is 7.59. The third-order valence-corrected chi connectivity index (χ3v) is 4.55. The summed E-state index contributed by atoms with van der Waals surface area (Å²) in [5.74, 6) is 0.485. The van der Waals surface area contributed by atoms with E-state index in [4.69, 9.17) is 11.5 Å². The molecule has 27 heavy (non-hydrogen) atoms. The van der Waals surface area contributed by atoms with Gasteiger partial charge in [0.05, 0.1) is 18.4 Å². The van der Waals surface area contributed by atoms with Crippen molar-refractivity contribution < 1.29 is 4.79 Å². The molecule has 0 bridgehead atoms. The van der Waals surface area contributed by atoms with Crippen molar-refractivity contribution in [2.24, 2.45) is 5.92 Å². The lowest BCUT2D eigenvalue weighted by atomic mass is 9.97. The normalized spacial score (nSPS) is 12.1.